The van der Waals surface area contributed by atoms with Crippen LogP contribution in [-0.2, 0) is 16.1 Å². The van der Waals surface area contributed by atoms with Crippen molar-refractivity contribution in [1.82, 2.24) is 0 Å². The molecule has 0 aromatic heterocycles. The number of hydrogen-bond acceptors (Lipinski definition) is 2. The maximum absolute atomic E-state index is 5.77. The van der Waals surface area contributed by atoms with Gasteiger partial charge in [-0.25, -0.2) is 0 Å². The molecule has 0 unspecified atom stereocenters. The van der Waals surface area contributed by atoms with Crippen molar-refractivity contribution in [1.29, 1.82) is 0 Å². The third-order valence-corrected chi connectivity index (χ3v) is 3.61. The van der Waals surface area contributed by atoms with Crippen molar-refractivity contribution in [2.75, 3.05) is 6.61 Å². The van der Waals surface area contributed by atoms with Gasteiger partial charge >= 0.3 is 0 Å². The van der Waals surface area contributed by atoms with E-state index in [0.717, 1.165) is 12.8 Å². The number of benzene rings is 1. The molecule has 2 rings (SSSR count). The summed E-state index contributed by atoms with van der Waals surface area (Å²) in [6.45, 7) is 7.82. The Kier molecular flexibility index (Phi) is 4.78. The van der Waals surface area contributed by atoms with Gasteiger partial charge in [0.05, 0.1) is 18.8 Å². The van der Waals surface area contributed by atoms with E-state index in [-0.39, 0.29) is 11.7 Å². The fourth-order valence-electron chi connectivity index (χ4n) is 2.23. The van der Waals surface area contributed by atoms with Crippen molar-refractivity contribution in [3.63, 3.8) is 0 Å². The topological polar surface area (TPSA) is 21.8 Å². The summed E-state index contributed by atoms with van der Waals surface area (Å²) in [5.74, 6) is 0. The number of allylic oxidation sites excluding steroid dienone is 2. The van der Waals surface area contributed by atoms with E-state index in [1.165, 1.54) is 11.1 Å². The summed E-state index contributed by atoms with van der Waals surface area (Å²) in [4.78, 5) is 0. The van der Waals surface area contributed by atoms with E-state index < -0.39 is 0 Å². The summed E-state index contributed by atoms with van der Waals surface area (Å²) in [6.07, 6.45) is 4.71. The average Bonchev–Trinajstić information content (AvgIpc) is 3.01. The molecule has 2 nitrogen and oxygen atoms in total. The molecule has 1 aliphatic rings. The molecule has 0 radical (unpaired) electrons. The van der Waals surface area contributed by atoms with E-state index in [1.807, 2.05) is 18.2 Å². The zero-order valence-corrected chi connectivity index (χ0v) is 12.2. The number of epoxide rings is 1. The molecule has 1 aromatic rings. The Morgan fingerprint density at radius 3 is 2.74 bits per heavy atom. The minimum Gasteiger partial charge on any atom is -0.374 e. The number of rotatable bonds is 7. The molecule has 0 amide bonds. The van der Waals surface area contributed by atoms with Crippen LogP contribution in [0.25, 0.3) is 0 Å². The van der Waals surface area contributed by atoms with Gasteiger partial charge in [-0.05, 0) is 39.2 Å². The van der Waals surface area contributed by atoms with Gasteiger partial charge in [-0.2, -0.15) is 0 Å². The summed E-state index contributed by atoms with van der Waals surface area (Å²) in [5.41, 5.74) is 2.62. The van der Waals surface area contributed by atoms with Crippen molar-refractivity contribution in [3.05, 3.63) is 47.5 Å². The Balaban J connectivity index is 1.65. The van der Waals surface area contributed by atoms with Crippen LogP contribution in [0.4, 0.5) is 0 Å². The zero-order chi connectivity index (χ0) is 13.7. The standard InChI is InChI=1S/C17H24O2/c1-14(2)8-7-11-17(3)16(19-17)13-18-12-15-9-5-4-6-10-15/h4-6,8-10,16H,7,11-13H2,1-3H3/t16-,17+/m0/s1. The van der Waals surface area contributed by atoms with Gasteiger partial charge in [-0.15, -0.1) is 0 Å². The summed E-state index contributed by atoms with van der Waals surface area (Å²) in [5, 5.41) is 0. The highest BCUT2D eigenvalue weighted by molar-refractivity contribution is 5.13. The summed E-state index contributed by atoms with van der Waals surface area (Å²) < 4.78 is 11.5. The summed E-state index contributed by atoms with van der Waals surface area (Å²) in [7, 11) is 0. The first-order valence-corrected chi connectivity index (χ1v) is 7.03. The average molecular weight is 260 g/mol. The van der Waals surface area contributed by atoms with Crippen LogP contribution in [0.1, 0.15) is 39.2 Å². The minimum absolute atomic E-state index is 0.0304. The van der Waals surface area contributed by atoms with E-state index >= 15 is 0 Å². The first-order valence-electron chi connectivity index (χ1n) is 7.03. The Bertz CT molecular complexity index is 420. The summed E-state index contributed by atoms with van der Waals surface area (Å²) in [6, 6.07) is 10.3. The van der Waals surface area contributed by atoms with Gasteiger partial charge in [0.1, 0.15) is 6.10 Å². The molecule has 1 heterocycles. The van der Waals surface area contributed by atoms with E-state index in [9.17, 15) is 0 Å². The second-order valence-corrected chi connectivity index (χ2v) is 5.74. The lowest BCUT2D eigenvalue weighted by atomic mass is 10.0. The molecule has 1 aliphatic heterocycles. The van der Waals surface area contributed by atoms with Crippen molar-refractivity contribution < 1.29 is 9.47 Å². The quantitative estimate of drug-likeness (QED) is 0.543. The highest BCUT2D eigenvalue weighted by Crippen LogP contribution is 2.40. The first-order chi connectivity index (χ1) is 9.10. The van der Waals surface area contributed by atoms with E-state index in [0.29, 0.717) is 13.2 Å². The highest BCUT2D eigenvalue weighted by atomic mass is 16.6. The van der Waals surface area contributed by atoms with E-state index in [1.54, 1.807) is 0 Å². The van der Waals surface area contributed by atoms with Crippen LogP contribution in [0.5, 0.6) is 0 Å². The van der Waals surface area contributed by atoms with Crippen LogP contribution < -0.4 is 0 Å². The molecule has 1 saturated heterocycles. The molecule has 2 heteroatoms. The smallest absolute Gasteiger partial charge is 0.110 e. The second kappa shape index (κ2) is 6.36. The zero-order valence-electron chi connectivity index (χ0n) is 12.2. The van der Waals surface area contributed by atoms with Crippen LogP contribution in [0.15, 0.2) is 42.0 Å². The van der Waals surface area contributed by atoms with E-state index in [4.69, 9.17) is 9.47 Å². The fraction of sp³-hybridized carbons (Fsp3) is 0.529. The van der Waals surface area contributed by atoms with Crippen LogP contribution in [-0.4, -0.2) is 18.3 Å². The van der Waals surface area contributed by atoms with Gasteiger partial charge in [0.25, 0.3) is 0 Å². The van der Waals surface area contributed by atoms with Gasteiger partial charge in [0.2, 0.25) is 0 Å². The van der Waals surface area contributed by atoms with Gasteiger partial charge in [0.15, 0.2) is 0 Å². The van der Waals surface area contributed by atoms with Crippen molar-refractivity contribution in [2.24, 2.45) is 0 Å². The SMILES string of the molecule is CC(C)=CCC[C@@]1(C)O[C@H]1COCc1ccccc1. The lowest BCUT2D eigenvalue weighted by Crippen LogP contribution is -2.14. The Labute approximate surface area is 116 Å². The number of ether oxygens (including phenoxy) is 2. The lowest BCUT2D eigenvalue weighted by molar-refractivity contribution is 0.104. The van der Waals surface area contributed by atoms with Crippen molar-refractivity contribution in [3.8, 4) is 0 Å². The third kappa shape index (κ3) is 4.48. The highest BCUT2D eigenvalue weighted by Gasteiger charge is 2.51. The molecular weight excluding hydrogens is 236 g/mol. The van der Waals surface area contributed by atoms with Crippen molar-refractivity contribution in [2.45, 2.75) is 51.9 Å². The largest absolute Gasteiger partial charge is 0.374 e. The Morgan fingerprint density at radius 2 is 2.05 bits per heavy atom. The van der Waals surface area contributed by atoms with Crippen LogP contribution in [0.2, 0.25) is 0 Å². The third-order valence-electron chi connectivity index (χ3n) is 3.61. The maximum atomic E-state index is 5.77. The normalized spacial score (nSPS) is 25.1. The van der Waals surface area contributed by atoms with Gasteiger partial charge in [0, 0.05) is 0 Å². The second-order valence-electron chi connectivity index (χ2n) is 5.74. The van der Waals surface area contributed by atoms with Crippen LogP contribution in [0, 0.1) is 0 Å². The monoisotopic (exact) mass is 260 g/mol. The molecule has 0 N–H and O–H groups in total. The molecule has 2 atom stereocenters. The van der Waals surface area contributed by atoms with E-state index in [2.05, 4.69) is 39.0 Å². The molecule has 0 spiro atoms. The Morgan fingerprint density at radius 1 is 1.32 bits per heavy atom. The minimum atomic E-state index is 0.0304. The van der Waals surface area contributed by atoms with Gasteiger partial charge < -0.3 is 9.47 Å². The molecule has 1 fully saturated rings. The molecule has 0 bridgehead atoms. The predicted octanol–water partition coefficient (Wildman–Crippen LogP) is 4.11. The molecule has 0 saturated carbocycles. The van der Waals surface area contributed by atoms with Crippen LogP contribution >= 0.6 is 0 Å². The first kappa shape index (κ1) is 14.3. The summed E-state index contributed by atoms with van der Waals surface area (Å²) >= 11 is 0. The molecule has 1 aromatic carbocycles. The lowest BCUT2D eigenvalue weighted by Gasteiger charge is -2.05. The van der Waals surface area contributed by atoms with Gasteiger partial charge in [-0.3, -0.25) is 0 Å². The molecule has 0 aliphatic carbocycles. The molecule has 104 valence electrons. The predicted molar refractivity (Wildman–Crippen MR) is 78.0 cm³/mol. The van der Waals surface area contributed by atoms with Crippen LogP contribution in [0.3, 0.4) is 0 Å². The molecular formula is C17H24O2. The van der Waals surface area contributed by atoms with Crippen molar-refractivity contribution >= 4 is 0 Å². The fourth-order valence-corrected chi connectivity index (χ4v) is 2.23. The maximum Gasteiger partial charge on any atom is 0.110 e. The Hall–Kier alpha value is -1.12. The molecule has 19 heavy (non-hydrogen) atoms. The van der Waals surface area contributed by atoms with Gasteiger partial charge in [-0.1, -0.05) is 42.0 Å². The number of hydrogen-bond donors (Lipinski definition) is 0.